The van der Waals surface area contributed by atoms with Crippen LogP contribution >= 0.6 is 0 Å². The normalized spacial score (nSPS) is 13.5. The molecule has 11 nitrogen and oxygen atoms in total. The van der Waals surface area contributed by atoms with Crippen molar-refractivity contribution in [2.45, 2.75) is 43.8 Å². The van der Waals surface area contributed by atoms with Gasteiger partial charge in [-0.25, -0.2) is 4.79 Å². The van der Waals surface area contributed by atoms with Crippen LogP contribution in [0.3, 0.4) is 0 Å². The lowest BCUT2D eigenvalue weighted by molar-refractivity contribution is -0.143. The average molecular weight is 437 g/mol. The van der Waals surface area contributed by atoms with Gasteiger partial charge < -0.3 is 37.6 Å². The summed E-state index contributed by atoms with van der Waals surface area (Å²) in [5.74, 6) is -3.31. The molecular formula is C20H31N5O6. The summed E-state index contributed by atoms with van der Waals surface area (Å²) in [6.07, 6.45) is 1.64. The Morgan fingerprint density at radius 3 is 2.23 bits per heavy atom. The molecule has 1 rings (SSSR count). The van der Waals surface area contributed by atoms with Crippen molar-refractivity contribution in [1.82, 2.24) is 16.0 Å². The molecule has 172 valence electrons. The summed E-state index contributed by atoms with van der Waals surface area (Å²) in [6.45, 7) is -0.795. The third-order valence-corrected chi connectivity index (χ3v) is 4.45. The van der Waals surface area contributed by atoms with Crippen LogP contribution in [-0.2, 0) is 25.6 Å². The minimum Gasteiger partial charge on any atom is -0.480 e. The molecule has 0 fully saturated rings. The lowest BCUT2D eigenvalue weighted by Gasteiger charge is -2.21. The fourth-order valence-corrected chi connectivity index (χ4v) is 2.72. The van der Waals surface area contributed by atoms with E-state index in [0.29, 0.717) is 25.8 Å². The Hall–Kier alpha value is -3.02. The van der Waals surface area contributed by atoms with Crippen LogP contribution in [0.5, 0.6) is 0 Å². The van der Waals surface area contributed by atoms with E-state index in [9.17, 15) is 19.2 Å². The van der Waals surface area contributed by atoms with E-state index in [4.69, 9.17) is 21.7 Å². The molecule has 0 aliphatic rings. The smallest absolute Gasteiger partial charge is 0.328 e. The summed E-state index contributed by atoms with van der Waals surface area (Å²) < 4.78 is 0. The molecule has 1 aromatic carbocycles. The van der Waals surface area contributed by atoms with Crippen molar-refractivity contribution in [2.75, 3.05) is 19.7 Å². The number of nitrogens with two attached hydrogens (primary N) is 2. The molecular weight excluding hydrogens is 406 g/mol. The van der Waals surface area contributed by atoms with Gasteiger partial charge in [0.2, 0.25) is 17.7 Å². The number of amides is 3. The van der Waals surface area contributed by atoms with Gasteiger partial charge in [0, 0.05) is 0 Å². The first kappa shape index (κ1) is 26.0. The van der Waals surface area contributed by atoms with Gasteiger partial charge in [-0.05, 0) is 37.8 Å². The number of carboxylic acid groups (broad SMARTS) is 1. The number of unbranched alkanes of at least 4 members (excludes halogenated alkanes) is 1. The van der Waals surface area contributed by atoms with E-state index in [1.54, 1.807) is 0 Å². The van der Waals surface area contributed by atoms with E-state index < -0.39 is 55.0 Å². The van der Waals surface area contributed by atoms with Gasteiger partial charge in [-0.15, -0.1) is 0 Å². The van der Waals surface area contributed by atoms with Crippen LogP contribution in [0, 0.1) is 0 Å². The third-order valence-electron chi connectivity index (χ3n) is 4.45. The number of rotatable bonds is 14. The molecule has 3 unspecified atom stereocenters. The van der Waals surface area contributed by atoms with Crippen molar-refractivity contribution in [3.05, 3.63) is 35.9 Å². The topological polar surface area (TPSA) is 197 Å². The van der Waals surface area contributed by atoms with Gasteiger partial charge in [-0.3, -0.25) is 14.4 Å². The quantitative estimate of drug-likeness (QED) is 0.160. The second kappa shape index (κ2) is 14.1. The van der Waals surface area contributed by atoms with Gasteiger partial charge in [0.1, 0.15) is 12.1 Å². The number of aliphatic hydroxyl groups excluding tert-OH is 1. The standard InChI is InChI=1S/C20H31N5O6/c21-9-5-4-8-15(19(29)25-16(12-26)20(30)31)24-17(27)11-23-18(28)14(22)10-13-6-2-1-3-7-13/h1-3,6-7,14-16,26H,4-5,8-12,21-22H2,(H,23,28)(H,24,27)(H,25,29)(H,30,31). The van der Waals surface area contributed by atoms with Crippen LogP contribution in [0.4, 0.5) is 0 Å². The number of hydrogen-bond donors (Lipinski definition) is 7. The Morgan fingerprint density at radius 1 is 0.968 bits per heavy atom. The Morgan fingerprint density at radius 2 is 1.65 bits per heavy atom. The Bertz CT molecular complexity index is 730. The summed E-state index contributed by atoms with van der Waals surface area (Å²) in [5.41, 5.74) is 12.2. The van der Waals surface area contributed by atoms with Gasteiger partial charge >= 0.3 is 5.97 Å². The average Bonchev–Trinajstić information content (AvgIpc) is 2.75. The van der Waals surface area contributed by atoms with E-state index in [1.807, 2.05) is 30.3 Å². The number of aliphatic hydroxyl groups is 1. The minimum absolute atomic E-state index is 0.216. The molecule has 3 amide bonds. The number of carboxylic acids is 1. The minimum atomic E-state index is -1.49. The maximum Gasteiger partial charge on any atom is 0.328 e. The highest BCUT2D eigenvalue weighted by Crippen LogP contribution is 2.03. The highest BCUT2D eigenvalue weighted by atomic mass is 16.4. The highest BCUT2D eigenvalue weighted by molar-refractivity contribution is 5.92. The molecule has 0 radical (unpaired) electrons. The van der Waals surface area contributed by atoms with Crippen LogP contribution in [-0.4, -0.2) is 71.7 Å². The number of carbonyl (C=O) groups is 4. The summed E-state index contributed by atoms with van der Waals surface area (Å²) in [4.78, 5) is 47.7. The molecule has 0 bridgehead atoms. The summed E-state index contributed by atoms with van der Waals surface area (Å²) >= 11 is 0. The number of hydrogen-bond acceptors (Lipinski definition) is 7. The first-order valence-corrected chi connectivity index (χ1v) is 9.99. The second-order valence-electron chi connectivity index (χ2n) is 7.00. The van der Waals surface area contributed by atoms with E-state index in [-0.39, 0.29) is 6.42 Å². The number of benzene rings is 1. The van der Waals surface area contributed by atoms with E-state index in [1.165, 1.54) is 0 Å². The van der Waals surface area contributed by atoms with Gasteiger partial charge in [-0.2, -0.15) is 0 Å². The molecule has 31 heavy (non-hydrogen) atoms. The zero-order valence-electron chi connectivity index (χ0n) is 17.3. The highest BCUT2D eigenvalue weighted by Gasteiger charge is 2.26. The summed E-state index contributed by atoms with van der Waals surface area (Å²) in [5, 5.41) is 25.1. The molecule has 0 spiro atoms. The maximum absolute atomic E-state index is 12.4. The van der Waals surface area contributed by atoms with E-state index >= 15 is 0 Å². The molecule has 0 aliphatic carbocycles. The van der Waals surface area contributed by atoms with E-state index in [2.05, 4.69) is 16.0 Å². The van der Waals surface area contributed by atoms with Crippen molar-refractivity contribution >= 4 is 23.7 Å². The van der Waals surface area contributed by atoms with Crippen LogP contribution in [0.25, 0.3) is 0 Å². The Balaban J connectivity index is 2.59. The zero-order valence-corrected chi connectivity index (χ0v) is 17.3. The van der Waals surface area contributed by atoms with Crippen molar-refractivity contribution in [2.24, 2.45) is 11.5 Å². The fourth-order valence-electron chi connectivity index (χ4n) is 2.72. The van der Waals surface area contributed by atoms with Gasteiger partial charge in [0.25, 0.3) is 0 Å². The number of aliphatic carboxylic acids is 1. The largest absolute Gasteiger partial charge is 0.480 e. The second-order valence-corrected chi connectivity index (χ2v) is 7.00. The Labute approximate surface area is 180 Å². The van der Waals surface area contributed by atoms with Crippen LogP contribution in [0.2, 0.25) is 0 Å². The SMILES string of the molecule is NCCCCC(NC(=O)CNC(=O)C(N)Cc1ccccc1)C(=O)NC(CO)C(=O)O. The van der Waals surface area contributed by atoms with Gasteiger partial charge in [0.05, 0.1) is 19.2 Å². The predicted octanol–water partition coefficient (Wildman–Crippen LogP) is -2.15. The molecule has 0 heterocycles. The fraction of sp³-hybridized carbons (Fsp3) is 0.500. The maximum atomic E-state index is 12.4. The lowest BCUT2D eigenvalue weighted by Crippen LogP contribution is -2.54. The first-order chi connectivity index (χ1) is 14.8. The van der Waals surface area contributed by atoms with Crippen molar-refractivity contribution in [3.8, 4) is 0 Å². The summed E-state index contributed by atoms with van der Waals surface area (Å²) in [7, 11) is 0. The lowest BCUT2D eigenvalue weighted by atomic mass is 10.1. The van der Waals surface area contributed by atoms with Crippen molar-refractivity contribution < 1.29 is 29.4 Å². The zero-order chi connectivity index (χ0) is 23.2. The van der Waals surface area contributed by atoms with Crippen LogP contribution < -0.4 is 27.4 Å². The molecule has 0 aliphatic heterocycles. The number of carbonyl (C=O) groups excluding carboxylic acids is 3. The Kier molecular flexibility index (Phi) is 11.8. The molecule has 3 atom stereocenters. The van der Waals surface area contributed by atoms with Gasteiger partial charge in [0.15, 0.2) is 0 Å². The van der Waals surface area contributed by atoms with Crippen LogP contribution in [0.1, 0.15) is 24.8 Å². The molecule has 0 saturated heterocycles. The van der Waals surface area contributed by atoms with E-state index in [0.717, 1.165) is 5.56 Å². The van der Waals surface area contributed by atoms with Gasteiger partial charge in [-0.1, -0.05) is 30.3 Å². The predicted molar refractivity (Wildman–Crippen MR) is 113 cm³/mol. The summed E-state index contributed by atoms with van der Waals surface area (Å²) in [6, 6.07) is 5.80. The third kappa shape index (κ3) is 10.0. The first-order valence-electron chi connectivity index (χ1n) is 9.99. The van der Waals surface area contributed by atoms with Crippen molar-refractivity contribution in [3.63, 3.8) is 0 Å². The van der Waals surface area contributed by atoms with Crippen molar-refractivity contribution in [1.29, 1.82) is 0 Å². The molecule has 11 heteroatoms. The number of nitrogens with one attached hydrogen (secondary N) is 3. The molecule has 9 N–H and O–H groups in total. The monoisotopic (exact) mass is 437 g/mol. The molecule has 0 aromatic heterocycles. The molecule has 0 saturated carbocycles. The molecule has 1 aromatic rings. The van der Waals surface area contributed by atoms with Crippen LogP contribution in [0.15, 0.2) is 30.3 Å².